The van der Waals surface area contributed by atoms with Gasteiger partial charge in [-0.05, 0) is 18.8 Å². The van der Waals surface area contributed by atoms with Crippen molar-refractivity contribution in [1.29, 1.82) is 0 Å². The van der Waals surface area contributed by atoms with Crippen molar-refractivity contribution in [3.63, 3.8) is 0 Å². The molecule has 0 aliphatic heterocycles. The molecule has 1 saturated carbocycles. The van der Waals surface area contributed by atoms with E-state index in [1.807, 2.05) is 6.92 Å². The molecule has 1 rings (SSSR count). The molecule has 0 unspecified atom stereocenters. The van der Waals surface area contributed by atoms with Gasteiger partial charge in [0.15, 0.2) is 0 Å². The van der Waals surface area contributed by atoms with Crippen LogP contribution in [0.15, 0.2) is 0 Å². The lowest BCUT2D eigenvalue weighted by atomic mass is 9.94. The molecule has 0 bridgehead atoms. The van der Waals surface area contributed by atoms with Gasteiger partial charge in [0.1, 0.15) is 0 Å². The number of carbonyl (C=O) groups is 1. The van der Waals surface area contributed by atoms with Gasteiger partial charge in [-0.3, -0.25) is 4.79 Å². The predicted octanol–water partition coefficient (Wildman–Crippen LogP) is 0.868. The van der Waals surface area contributed by atoms with Crippen LogP contribution in [-0.4, -0.2) is 22.3 Å². The lowest BCUT2D eigenvalue weighted by Crippen LogP contribution is -2.17. The summed E-state index contributed by atoms with van der Waals surface area (Å²) in [6.45, 7) is 1.97. The van der Waals surface area contributed by atoms with Crippen molar-refractivity contribution in [3.05, 3.63) is 0 Å². The standard InChI is InChI=1S/C8H14O3/c1-2-5-3-6(9)4-7(5)8(10)11/h5-7,9H,2-4H2,1H3,(H,10,11)/t5-,6-,7+/m1/s1. The van der Waals surface area contributed by atoms with Crippen LogP contribution in [0.3, 0.4) is 0 Å². The molecule has 1 fully saturated rings. The van der Waals surface area contributed by atoms with Crippen LogP contribution in [0.2, 0.25) is 0 Å². The molecule has 0 heterocycles. The summed E-state index contributed by atoms with van der Waals surface area (Å²) < 4.78 is 0. The molecule has 0 aromatic rings. The first kappa shape index (κ1) is 8.53. The van der Waals surface area contributed by atoms with Crippen LogP contribution >= 0.6 is 0 Å². The minimum absolute atomic E-state index is 0.183. The number of aliphatic hydroxyl groups is 1. The average molecular weight is 158 g/mol. The van der Waals surface area contributed by atoms with E-state index in [2.05, 4.69) is 0 Å². The summed E-state index contributed by atoms with van der Waals surface area (Å²) in [6, 6.07) is 0. The number of aliphatic hydroxyl groups excluding tert-OH is 1. The Kier molecular flexibility index (Phi) is 2.49. The molecule has 64 valence electrons. The number of hydrogen-bond acceptors (Lipinski definition) is 2. The first-order valence-corrected chi connectivity index (χ1v) is 4.06. The second-order valence-corrected chi connectivity index (χ2v) is 3.24. The third kappa shape index (κ3) is 1.71. The highest BCUT2D eigenvalue weighted by atomic mass is 16.4. The van der Waals surface area contributed by atoms with Gasteiger partial charge in [0.2, 0.25) is 0 Å². The Balaban J connectivity index is 2.57. The zero-order chi connectivity index (χ0) is 8.43. The van der Waals surface area contributed by atoms with Gasteiger partial charge >= 0.3 is 5.97 Å². The summed E-state index contributed by atoms with van der Waals surface area (Å²) in [4.78, 5) is 10.6. The van der Waals surface area contributed by atoms with E-state index in [4.69, 9.17) is 5.11 Å². The van der Waals surface area contributed by atoms with Gasteiger partial charge in [-0.15, -0.1) is 0 Å². The van der Waals surface area contributed by atoms with Crippen molar-refractivity contribution in [2.45, 2.75) is 32.3 Å². The van der Waals surface area contributed by atoms with Gasteiger partial charge in [0.25, 0.3) is 0 Å². The normalized spacial score (nSPS) is 37.5. The van der Waals surface area contributed by atoms with Crippen LogP contribution in [-0.2, 0) is 4.79 Å². The Morgan fingerprint density at radius 2 is 2.18 bits per heavy atom. The fourth-order valence-corrected chi connectivity index (χ4v) is 1.85. The highest BCUT2D eigenvalue weighted by Crippen LogP contribution is 2.34. The first-order chi connectivity index (χ1) is 5.15. The van der Waals surface area contributed by atoms with Crippen molar-refractivity contribution < 1.29 is 15.0 Å². The van der Waals surface area contributed by atoms with E-state index in [-0.39, 0.29) is 17.9 Å². The third-order valence-corrected chi connectivity index (χ3v) is 2.51. The van der Waals surface area contributed by atoms with Gasteiger partial charge in [-0.1, -0.05) is 13.3 Å². The lowest BCUT2D eigenvalue weighted by Gasteiger charge is -2.11. The molecule has 0 spiro atoms. The maximum absolute atomic E-state index is 10.6. The quantitative estimate of drug-likeness (QED) is 0.627. The smallest absolute Gasteiger partial charge is 0.306 e. The molecule has 3 heteroatoms. The highest BCUT2D eigenvalue weighted by Gasteiger charge is 2.36. The average Bonchev–Trinajstić information content (AvgIpc) is 2.30. The van der Waals surface area contributed by atoms with Crippen molar-refractivity contribution >= 4 is 5.97 Å². The summed E-state index contributed by atoms with van der Waals surface area (Å²) in [5.74, 6) is -0.883. The third-order valence-electron chi connectivity index (χ3n) is 2.51. The second-order valence-electron chi connectivity index (χ2n) is 3.24. The van der Waals surface area contributed by atoms with Crippen molar-refractivity contribution in [2.75, 3.05) is 0 Å². The summed E-state index contributed by atoms with van der Waals surface area (Å²) in [6.07, 6.45) is 1.57. The van der Waals surface area contributed by atoms with Crippen LogP contribution < -0.4 is 0 Å². The molecule has 0 aromatic carbocycles. The highest BCUT2D eigenvalue weighted by molar-refractivity contribution is 5.70. The Morgan fingerprint density at radius 1 is 1.55 bits per heavy atom. The van der Waals surface area contributed by atoms with Crippen molar-refractivity contribution in [2.24, 2.45) is 11.8 Å². The molecule has 3 atom stereocenters. The fourth-order valence-electron chi connectivity index (χ4n) is 1.85. The molecule has 0 aromatic heterocycles. The maximum Gasteiger partial charge on any atom is 0.306 e. The van der Waals surface area contributed by atoms with Crippen LogP contribution in [0.4, 0.5) is 0 Å². The number of rotatable bonds is 2. The van der Waals surface area contributed by atoms with Crippen LogP contribution in [0, 0.1) is 11.8 Å². The van der Waals surface area contributed by atoms with Gasteiger partial charge < -0.3 is 10.2 Å². The van der Waals surface area contributed by atoms with E-state index in [9.17, 15) is 9.90 Å². The monoisotopic (exact) mass is 158 g/mol. The number of aliphatic carboxylic acids is 1. The molecule has 11 heavy (non-hydrogen) atoms. The fraction of sp³-hybridized carbons (Fsp3) is 0.875. The first-order valence-electron chi connectivity index (χ1n) is 4.06. The summed E-state index contributed by atoms with van der Waals surface area (Å²) in [5.41, 5.74) is 0. The Bertz CT molecular complexity index is 155. The molecule has 1 aliphatic rings. The van der Waals surface area contributed by atoms with Crippen molar-refractivity contribution in [3.8, 4) is 0 Å². The summed E-state index contributed by atoms with van der Waals surface area (Å²) in [5, 5.41) is 17.9. The maximum atomic E-state index is 10.6. The van der Waals surface area contributed by atoms with Gasteiger partial charge in [-0.25, -0.2) is 0 Å². The number of carboxylic acids is 1. The van der Waals surface area contributed by atoms with Gasteiger partial charge in [0.05, 0.1) is 12.0 Å². The predicted molar refractivity (Wildman–Crippen MR) is 40.1 cm³/mol. The number of hydrogen-bond donors (Lipinski definition) is 2. The van der Waals surface area contributed by atoms with E-state index >= 15 is 0 Å². The second kappa shape index (κ2) is 3.22. The minimum atomic E-state index is -0.756. The van der Waals surface area contributed by atoms with E-state index in [1.54, 1.807) is 0 Å². The van der Waals surface area contributed by atoms with E-state index in [0.717, 1.165) is 6.42 Å². The minimum Gasteiger partial charge on any atom is -0.481 e. The Morgan fingerprint density at radius 3 is 2.55 bits per heavy atom. The SMILES string of the molecule is CC[C@@H]1C[C@@H](O)C[C@@H]1C(=O)O. The largest absolute Gasteiger partial charge is 0.481 e. The Labute approximate surface area is 66.0 Å². The Hall–Kier alpha value is -0.570. The zero-order valence-electron chi connectivity index (χ0n) is 6.66. The summed E-state index contributed by atoms with van der Waals surface area (Å²) in [7, 11) is 0. The van der Waals surface area contributed by atoms with E-state index in [0.29, 0.717) is 12.8 Å². The molecular formula is C8H14O3. The molecule has 3 nitrogen and oxygen atoms in total. The zero-order valence-corrected chi connectivity index (χ0v) is 6.66. The van der Waals surface area contributed by atoms with Gasteiger partial charge in [-0.2, -0.15) is 0 Å². The lowest BCUT2D eigenvalue weighted by molar-refractivity contribution is -0.143. The molecular weight excluding hydrogens is 144 g/mol. The van der Waals surface area contributed by atoms with Crippen molar-refractivity contribution in [1.82, 2.24) is 0 Å². The van der Waals surface area contributed by atoms with E-state index in [1.165, 1.54) is 0 Å². The van der Waals surface area contributed by atoms with Crippen LogP contribution in [0.1, 0.15) is 26.2 Å². The van der Waals surface area contributed by atoms with Crippen LogP contribution in [0.25, 0.3) is 0 Å². The van der Waals surface area contributed by atoms with Crippen LogP contribution in [0.5, 0.6) is 0 Å². The molecule has 1 aliphatic carbocycles. The summed E-state index contributed by atoms with van der Waals surface area (Å²) >= 11 is 0. The molecule has 0 amide bonds. The molecule has 0 saturated heterocycles. The van der Waals surface area contributed by atoms with Gasteiger partial charge in [0, 0.05) is 0 Å². The molecule has 0 radical (unpaired) electrons. The topological polar surface area (TPSA) is 57.5 Å². The number of carboxylic acid groups (broad SMARTS) is 1. The molecule has 2 N–H and O–H groups in total. The van der Waals surface area contributed by atoms with E-state index < -0.39 is 5.97 Å².